The molecule has 0 spiro atoms. The van der Waals surface area contributed by atoms with Gasteiger partial charge in [0.2, 0.25) is 0 Å². The lowest BCUT2D eigenvalue weighted by atomic mass is 9.83. The first kappa shape index (κ1) is 45.8. The van der Waals surface area contributed by atoms with E-state index in [1.165, 1.54) is 34.6 Å². The number of nitrogens with one attached hydrogen (secondary N) is 2. The maximum atomic E-state index is 16.8. The Hall–Kier alpha value is -6.60. The second-order valence-electron chi connectivity index (χ2n) is 20.2. The molecule has 4 aliphatic rings. The van der Waals surface area contributed by atoms with Gasteiger partial charge in [0.05, 0.1) is 49.0 Å². The number of halogens is 2. The third-order valence-electron chi connectivity index (χ3n) is 15.3. The van der Waals surface area contributed by atoms with Gasteiger partial charge in [-0.05, 0) is 138 Å². The number of aromatic amines is 1. The number of hydrogen-bond acceptors (Lipinski definition) is 10. The quantitative estimate of drug-likeness (QED) is 0.137. The van der Waals surface area contributed by atoms with Gasteiger partial charge in [-0.2, -0.15) is 5.10 Å². The summed E-state index contributed by atoms with van der Waals surface area (Å²) in [6.45, 7) is 12.4. The molecule has 0 bridgehead atoms. The monoisotopic (exact) mass is 974 g/mol. The highest BCUT2D eigenvalue weighted by Gasteiger charge is 2.59. The SMILES string of the molecule is CN=S(=O)(c1ccc(-n2ccn(-c3c4c(nn3-c3cc(C)c(F)c(C)c3)CCN(C(=O)c3cc5cc(C6CCOC(C)(C)C6)ccc5n3C3(c5noc(=O)[nH]5)CC3C)C4C)c2=O)c(F)c1NC)C1CC1. The standard InChI is InChI=1S/C51H56F2N10O6S/c1-27-21-34(22-28(2)42(27)52)63-45(61-19-18-60(49(61)66)38-13-14-40(44(54-7)43(38)53)70(67,55-8)35-10-11-35)41-30(4)59(17-15-36(41)57-63)46(64)39-24-33-23-31(32-16-20-68-50(5,6)26-32)9-12-37(33)62(39)51(25-29(51)3)47-56-48(65)69-58-47/h9,12-14,18-19,21-24,29-30,32,35,54H,10-11,15-17,20,25-26H2,1-8H3,(H,56,58,65). The number of hydrogen-bond donors (Lipinski definition) is 2. The molecule has 366 valence electrons. The molecule has 6 heterocycles. The molecule has 3 aromatic carbocycles. The maximum absolute atomic E-state index is 16.8. The average molecular weight is 975 g/mol. The number of aryl methyl sites for hydroxylation is 2. The molecule has 2 N–H and O–H groups in total. The van der Waals surface area contributed by atoms with Gasteiger partial charge in [0.1, 0.15) is 22.9 Å². The first-order chi connectivity index (χ1) is 33.4. The number of rotatable bonds is 10. The summed E-state index contributed by atoms with van der Waals surface area (Å²) in [5.41, 5.74) is 2.95. The predicted octanol–water partition coefficient (Wildman–Crippen LogP) is 8.22. The number of ether oxygens (including phenoxy) is 1. The lowest BCUT2D eigenvalue weighted by Gasteiger charge is -2.35. The molecule has 3 fully saturated rings. The molecule has 1 saturated heterocycles. The van der Waals surface area contributed by atoms with E-state index in [0.29, 0.717) is 64.9 Å². The van der Waals surface area contributed by atoms with E-state index in [1.807, 2.05) is 17.6 Å². The van der Waals surface area contributed by atoms with E-state index < -0.39 is 38.6 Å². The highest BCUT2D eigenvalue weighted by Crippen LogP contribution is 2.56. The van der Waals surface area contributed by atoms with Crippen LogP contribution in [0.5, 0.6) is 0 Å². The molecular weight excluding hydrogens is 919 g/mol. The number of carbonyl (C=O) groups excluding carboxylic acids is 1. The summed E-state index contributed by atoms with van der Waals surface area (Å²) >= 11 is 0. The fraction of sp³-hybridized carbons (Fsp3) is 0.431. The fourth-order valence-corrected chi connectivity index (χ4v) is 13.8. The molecule has 70 heavy (non-hydrogen) atoms. The number of imidazole rings is 1. The number of H-pyrrole nitrogens is 1. The Balaban J connectivity index is 1.05. The topological polar surface area (TPSA) is 180 Å². The Kier molecular flexibility index (Phi) is 10.6. The second-order valence-corrected chi connectivity index (χ2v) is 22.8. The summed E-state index contributed by atoms with van der Waals surface area (Å²) < 4.78 is 67.6. The molecule has 7 aromatic rings. The molecule has 2 saturated carbocycles. The number of amides is 1. The minimum absolute atomic E-state index is 0.000520. The summed E-state index contributed by atoms with van der Waals surface area (Å²) in [6.07, 6.45) is 7.05. The van der Waals surface area contributed by atoms with Gasteiger partial charge in [-0.15, -0.1) is 0 Å². The van der Waals surface area contributed by atoms with Crippen molar-refractivity contribution in [1.82, 2.24) is 38.5 Å². The number of anilines is 1. The van der Waals surface area contributed by atoms with Crippen LogP contribution in [0.2, 0.25) is 0 Å². The largest absolute Gasteiger partial charge is 0.438 e. The van der Waals surface area contributed by atoms with Crippen LogP contribution in [0.3, 0.4) is 0 Å². The lowest BCUT2D eigenvalue weighted by molar-refractivity contribution is -0.0592. The van der Waals surface area contributed by atoms with Gasteiger partial charge in [0.25, 0.3) is 5.91 Å². The van der Waals surface area contributed by atoms with E-state index in [1.54, 1.807) is 48.7 Å². The van der Waals surface area contributed by atoms with Crippen molar-refractivity contribution in [1.29, 1.82) is 0 Å². The third kappa shape index (κ3) is 6.96. The summed E-state index contributed by atoms with van der Waals surface area (Å²) in [5.74, 6) is -1.23. The molecule has 2 aliphatic heterocycles. The number of carbonyl (C=O) groups is 1. The third-order valence-corrected chi connectivity index (χ3v) is 18.2. The van der Waals surface area contributed by atoms with E-state index >= 15 is 13.6 Å². The highest BCUT2D eigenvalue weighted by molar-refractivity contribution is 7.94. The minimum Gasteiger partial charge on any atom is -0.385 e. The van der Waals surface area contributed by atoms with Gasteiger partial charge >= 0.3 is 11.4 Å². The van der Waals surface area contributed by atoms with Crippen LogP contribution in [-0.4, -0.2) is 86.7 Å². The van der Waals surface area contributed by atoms with Crippen molar-refractivity contribution in [3.05, 3.63) is 133 Å². The minimum atomic E-state index is -2.92. The van der Waals surface area contributed by atoms with Crippen LogP contribution in [0.1, 0.15) is 116 Å². The van der Waals surface area contributed by atoms with Gasteiger partial charge in [0, 0.05) is 67.8 Å². The molecule has 16 nitrogen and oxygen atoms in total. The molecule has 0 radical (unpaired) electrons. The van der Waals surface area contributed by atoms with E-state index in [0.717, 1.165) is 42.1 Å². The number of fused-ring (bicyclic) bond motifs is 2. The highest BCUT2D eigenvalue weighted by atomic mass is 32.2. The van der Waals surface area contributed by atoms with Crippen molar-refractivity contribution >= 4 is 32.2 Å². The van der Waals surface area contributed by atoms with Gasteiger partial charge in [0.15, 0.2) is 11.6 Å². The van der Waals surface area contributed by atoms with Gasteiger partial charge < -0.3 is 19.5 Å². The summed E-state index contributed by atoms with van der Waals surface area (Å²) in [5, 5.41) is 12.8. The molecule has 1 amide bonds. The van der Waals surface area contributed by atoms with Crippen molar-refractivity contribution in [2.75, 3.05) is 32.6 Å². The van der Waals surface area contributed by atoms with Gasteiger partial charge in [-0.1, -0.05) is 18.1 Å². The van der Waals surface area contributed by atoms with Crippen molar-refractivity contribution < 1.29 is 27.0 Å². The molecule has 11 rings (SSSR count). The number of benzene rings is 3. The molecule has 5 unspecified atom stereocenters. The summed E-state index contributed by atoms with van der Waals surface area (Å²) in [6, 6.07) is 13.9. The molecular formula is C51H56F2N10O6S. The van der Waals surface area contributed by atoms with E-state index in [2.05, 4.69) is 58.8 Å². The van der Waals surface area contributed by atoms with E-state index in [-0.39, 0.29) is 57.2 Å². The maximum Gasteiger partial charge on any atom is 0.438 e. The average Bonchev–Trinajstić information content (AvgIpc) is 4.07. The van der Waals surface area contributed by atoms with E-state index in [9.17, 15) is 13.8 Å². The molecule has 4 aromatic heterocycles. The number of nitrogens with zero attached hydrogens (tertiary/aromatic N) is 8. The van der Waals surface area contributed by atoms with Crippen LogP contribution in [0.4, 0.5) is 14.5 Å². The van der Waals surface area contributed by atoms with Crippen molar-refractivity contribution in [3.8, 4) is 17.2 Å². The van der Waals surface area contributed by atoms with Crippen molar-refractivity contribution in [3.63, 3.8) is 0 Å². The number of aromatic nitrogens is 7. The zero-order chi connectivity index (χ0) is 49.3. The van der Waals surface area contributed by atoms with Crippen LogP contribution >= 0.6 is 0 Å². The van der Waals surface area contributed by atoms with Crippen LogP contribution in [0.15, 0.2) is 84.3 Å². The predicted molar refractivity (Wildman–Crippen MR) is 260 cm³/mol. The zero-order valence-corrected chi connectivity index (χ0v) is 41.2. The molecule has 5 atom stereocenters. The zero-order valence-electron chi connectivity index (χ0n) is 40.4. The summed E-state index contributed by atoms with van der Waals surface area (Å²) in [7, 11) is 0.102. The Morgan fingerprint density at radius 3 is 2.34 bits per heavy atom. The van der Waals surface area contributed by atoms with Crippen molar-refractivity contribution in [2.45, 2.75) is 113 Å². The molecule has 19 heteroatoms. The Morgan fingerprint density at radius 2 is 1.70 bits per heavy atom. The van der Waals surface area contributed by atoms with E-state index in [4.69, 9.17) is 14.4 Å². The Morgan fingerprint density at radius 1 is 0.971 bits per heavy atom. The smallest absolute Gasteiger partial charge is 0.385 e. The second kappa shape index (κ2) is 16.2. The first-order valence-electron chi connectivity index (χ1n) is 23.9. The van der Waals surface area contributed by atoms with Gasteiger partial charge in [-0.25, -0.2) is 31.6 Å². The fourth-order valence-electron chi connectivity index (χ4n) is 11.4. The van der Waals surface area contributed by atoms with Crippen LogP contribution in [-0.2, 0) is 26.4 Å². The van der Waals surface area contributed by atoms with Crippen molar-refractivity contribution in [2.24, 2.45) is 10.3 Å². The first-order valence-corrected chi connectivity index (χ1v) is 25.5. The normalized spacial score (nSPS) is 22.8. The summed E-state index contributed by atoms with van der Waals surface area (Å²) in [4.78, 5) is 47.8. The van der Waals surface area contributed by atoms with Crippen LogP contribution in [0, 0.1) is 31.4 Å². The van der Waals surface area contributed by atoms with Crippen LogP contribution < -0.4 is 16.8 Å². The molecule has 2 aliphatic carbocycles. The van der Waals surface area contributed by atoms with Gasteiger partial charge in [-0.3, -0.25) is 23.4 Å². The Bertz CT molecular complexity index is 3540. The van der Waals surface area contributed by atoms with Crippen LogP contribution in [0.25, 0.3) is 28.1 Å². The Labute approximate surface area is 402 Å². The lowest BCUT2D eigenvalue weighted by Crippen LogP contribution is -2.41.